The molecule has 1 N–H and O–H groups in total. The van der Waals surface area contributed by atoms with Crippen LogP contribution in [0.2, 0.25) is 0 Å². The van der Waals surface area contributed by atoms with E-state index in [0.717, 1.165) is 12.8 Å². The smallest absolute Gasteiger partial charge is 0.332 e. The summed E-state index contributed by atoms with van der Waals surface area (Å²) in [6.07, 6.45) is 5.67. The second-order valence-corrected chi connectivity index (χ2v) is 11.1. The molecule has 0 spiro atoms. The van der Waals surface area contributed by atoms with Crippen molar-refractivity contribution >= 4 is 28.8 Å². The number of ether oxygens (including phenoxy) is 1. The summed E-state index contributed by atoms with van der Waals surface area (Å²) >= 11 is 0. The monoisotopic (exact) mass is 619 g/mol. The number of benzene rings is 1. The minimum atomic E-state index is -0.444. The molecule has 1 aliphatic heterocycles. The average Bonchev–Trinajstić information content (AvgIpc) is 3.50. The largest absolute Gasteiger partial charge is 0.385 e. The van der Waals surface area contributed by atoms with Crippen LogP contribution in [-0.4, -0.2) is 74.2 Å². The lowest BCUT2D eigenvalue weighted by Crippen LogP contribution is -2.40. The Bertz CT molecular complexity index is 1760. The van der Waals surface area contributed by atoms with Crippen molar-refractivity contribution in [2.45, 2.75) is 58.5 Å². The summed E-state index contributed by atoms with van der Waals surface area (Å²) in [5, 5.41) is 0. The van der Waals surface area contributed by atoms with Gasteiger partial charge in [0.15, 0.2) is 5.65 Å². The SMILES string of the molecule is CCCn1c(=O)c2[nH]c(-c3ccc(N(CCCN4CCCCC4=O)C(=O)c4ccc(F)cc4)nc3)nc2n(CCCOC)c1=O. The first-order chi connectivity index (χ1) is 21.8. The molecule has 2 amide bonds. The van der Waals surface area contributed by atoms with E-state index in [0.29, 0.717) is 81.2 Å². The highest BCUT2D eigenvalue weighted by molar-refractivity contribution is 6.05. The normalized spacial score (nSPS) is 13.5. The van der Waals surface area contributed by atoms with Crippen LogP contribution in [0, 0.1) is 5.82 Å². The molecule has 13 heteroatoms. The van der Waals surface area contributed by atoms with Gasteiger partial charge in [-0.3, -0.25) is 28.4 Å². The third kappa shape index (κ3) is 7.03. The molecule has 1 aliphatic rings. The number of rotatable bonds is 13. The molecule has 1 aromatic carbocycles. The highest BCUT2D eigenvalue weighted by Crippen LogP contribution is 2.23. The number of carbonyl (C=O) groups is 2. The summed E-state index contributed by atoms with van der Waals surface area (Å²) in [4.78, 5) is 67.9. The number of pyridine rings is 1. The van der Waals surface area contributed by atoms with Crippen molar-refractivity contribution in [3.8, 4) is 11.4 Å². The van der Waals surface area contributed by atoms with Crippen LogP contribution in [0.15, 0.2) is 52.2 Å². The molecule has 4 aromatic rings. The molecule has 0 aliphatic carbocycles. The zero-order valence-electron chi connectivity index (χ0n) is 25.6. The third-order valence-electron chi connectivity index (χ3n) is 7.90. The Kier molecular flexibility index (Phi) is 10.2. The van der Waals surface area contributed by atoms with Gasteiger partial charge in [-0.1, -0.05) is 6.92 Å². The third-order valence-corrected chi connectivity index (χ3v) is 7.90. The van der Waals surface area contributed by atoms with Crippen molar-refractivity contribution in [2.24, 2.45) is 0 Å². The summed E-state index contributed by atoms with van der Waals surface area (Å²) < 4.78 is 21.4. The van der Waals surface area contributed by atoms with Gasteiger partial charge in [-0.25, -0.2) is 19.2 Å². The molecule has 12 nitrogen and oxygen atoms in total. The second-order valence-electron chi connectivity index (χ2n) is 11.1. The summed E-state index contributed by atoms with van der Waals surface area (Å²) in [6.45, 7) is 4.48. The van der Waals surface area contributed by atoms with Gasteiger partial charge in [-0.2, -0.15) is 0 Å². The van der Waals surface area contributed by atoms with E-state index in [1.807, 2.05) is 11.8 Å². The standard InChI is InChI=1S/C32H38FN7O5/c1-3-15-40-31(43)27-29(39(32(40)44)19-7-20-45-2)36-28(35-27)23-11-14-25(34-21-23)38(30(42)22-9-12-24(33)13-10-22)18-6-17-37-16-5-4-8-26(37)41/h9-14,21H,3-8,15-20H2,1-2H3,(H,35,36). The number of likely N-dealkylation sites (tertiary alicyclic amines) is 1. The average molecular weight is 620 g/mol. The van der Waals surface area contributed by atoms with E-state index in [4.69, 9.17) is 4.74 Å². The van der Waals surface area contributed by atoms with Gasteiger partial charge in [0.05, 0.1) is 0 Å². The van der Waals surface area contributed by atoms with Gasteiger partial charge in [-0.15, -0.1) is 0 Å². The number of piperidine rings is 1. The number of aromatic nitrogens is 5. The molecule has 238 valence electrons. The Morgan fingerprint density at radius 1 is 1.02 bits per heavy atom. The minimum Gasteiger partial charge on any atom is -0.385 e. The first-order valence-electron chi connectivity index (χ1n) is 15.4. The number of hydrogen-bond acceptors (Lipinski definition) is 7. The highest BCUT2D eigenvalue weighted by Gasteiger charge is 2.23. The van der Waals surface area contributed by atoms with Crippen molar-refractivity contribution in [2.75, 3.05) is 38.3 Å². The van der Waals surface area contributed by atoms with Gasteiger partial charge in [-0.05, 0) is 68.5 Å². The summed E-state index contributed by atoms with van der Waals surface area (Å²) in [7, 11) is 1.59. The minimum absolute atomic E-state index is 0.122. The highest BCUT2D eigenvalue weighted by atomic mass is 19.1. The van der Waals surface area contributed by atoms with Crippen LogP contribution >= 0.6 is 0 Å². The number of nitrogens with one attached hydrogen (secondary N) is 1. The fraction of sp³-hybridized carbons (Fsp3) is 0.438. The predicted octanol–water partition coefficient (Wildman–Crippen LogP) is 3.58. The number of hydrogen-bond donors (Lipinski definition) is 1. The number of fused-ring (bicyclic) bond motifs is 1. The van der Waals surface area contributed by atoms with Gasteiger partial charge in [0.25, 0.3) is 11.5 Å². The topological polar surface area (TPSA) is 135 Å². The Balaban J connectivity index is 1.45. The molecule has 45 heavy (non-hydrogen) atoms. The van der Waals surface area contributed by atoms with Gasteiger partial charge >= 0.3 is 5.69 Å². The number of carbonyl (C=O) groups excluding carboxylic acids is 2. The summed E-state index contributed by atoms with van der Waals surface area (Å²) in [5.41, 5.74) is 0.487. The number of aryl methyl sites for hydroxylation is 1. The predicted molar refractivity (Wildman–Crippen MR) is 168 cm³/mol. The molecular formula is C32H38FN7O5. The van der Waals surface area contributed by atoms with Crippen LogP contribution in [0.25, 0.3) is 22.6 Å². The molecule has 1 saturated heterocycles. The Morgan fingerprint density at radius 2 is 1.82 bits per heavy atom. The number of halogens is 1. The molecule has 0 radical (unpaired) electrons. The molecule has 1 fully saturated rings. The molecule has 5 rings (SSSR count). The van der Waals surface area contributed by atoms with Crippen molar-refractivity contribution in [1.29, 1.82) is 0 Å². The van der Waals surface area contributed by atoms with Crippen LogP contribution in [0.1, 0.15) is 55.8 Å². The summed E-state index contributed by atoms with van der Waals surface area (Å²) in [5.74, 6) is 0.0592. The van der Waals surface area contributed by atoms with Crippen molar-refractivity contribution < 1.29 is 18.7 Å². The number of amides is 2. The van der Waals surface area contributed by atoms with Crippen LogP contribution in [0.4, 0.5) is 10.2 Å². The first kappa shape index (κ1) is 31.8. The fourth-order valence-corrected chi connectivity index (χ4v) is 5.56. The van der Waals surface area contributed by atoms with Gasteiger partial charge in [0, 0.05) is 70.2 Å². The maximum absolute atomic E-state index is 13.6. The van der Waals surface area contributed by atoms with Crippen LogP contribution in [0.3, 0.4) is 0 Å². The van der Waals surface area contributed by atoms with Crippen molar-refractivity contribution in [3.63, 3.8) is 0 Å². The summed E-state index contributed by atoms with van der Waals surface area (Å²) in [6, 6.07) is 8.74. The number of nitrogens with zero attached hydrogens (tertiary/aromatic N) is 6. The number of methoxy groups -OCH3 is 1. The number of H-pyrrole nitrogens is 1. The fourth-order valence-electron chi connectivity index (χ4n) is 5.56. The van der Waals surface area contributed by atoms with E-state index >= 15 is 0 Å². The molecule has 0 unspecified atom stereocenters. The Labute approximate surface area is 259 Å². The van der Waals surface area contributed by atoms with E-state index in [1.165, 1.54) is 38.3 Å². The van der Waals surface area contributed by atoms with Crippen molar-refractivity contribution in [1.82, 2.24) is 29.0 Å². The number of aromatic amines is 1. The Hall–Kier alpha value is -4.65. The van der Waals surface area contributed by atoms with E-state index in [9.17, 15) is 23.6 Å². The molecule has 4 heterocycles. The van der Waals surface area contributed by atoms with Crippen molar-refractivity contribution in [3.05, 3.63) is 74.8 Å². The van der Waals surface area contributed by atoms with Crippen LogP contribution in [0.5, 0.6) is 0 Å². The molecule has 0 saturated carbocycles. The van der Waals surface area contributed by atoms with E-state index in [1.54, 1.807) is 25.4 Å². The lowest BCUT2D eigenvalue weighted by Gasteiger charge is -2.28. The van der Waals surface area contributed by atoms with Gasteiger partial charge in [0.2, 0.25) is 5.91 Å². The molecule has 3 aromatic heterocycles. The molecular weight excluding hydrogens is 581 g/mol. The zero-order chi connectivity index (χ0) is 31.9. The molecule has 0 bridgehead atoms. The van der Waals surface area contributed by atoms with Crippen LogP contribution < -0.4 is 16.1 Å². The number of imidazole rings is 1. The van der Waals surface area contributed by atoms with E-state index < -0.39 is 17.1 Å². The first-order valence-corrected chi connectivity index (χ1v) is 15.4. The zero-order valence-corrected chi connectivity index (χ0v) is 25.6. The van der Waals surface area contributed by atoms with E-state index in [2.05, 4.69) is 15.0 Å². The quantitative estimate of drug-likeness (QED) is 0.226. The lowest BCUT2D eigenvalue weighted by atomic mass is 10.1. The Morgan fingerprint density at radius 3 is 2.51 bits per heavy atom. The maximum atomic E-state index is 13.6. The lowest BCUT2D eigenvalue weighted by molar-refractivity contribution is -0.133. The van der Waals surface area contributed by atoms with Gasteiger partial charge < -0.3 is 14.6 Å². The van der Waals surface area contributed by atoms with Crippen LogP contribution in [-0.2, 0) is 22.6 Å². The molecule has 0 atom stereocenters. The number of anilines is 1. The maximum Gasteiger partial charge on any atom is 0.332 e. The van der Waals surface area contributed by atoms with Gasteiger partial charge in [0.1, 0.15) is 23.0 Å². The van der Waals surface area contributed by atoms with E-state index in [-0.39, 0.29) is 29.5 Å². The second kappa shape index (κ2) is 14.4.